The van der Waals surface area contributed by atoms with Gasteiger partial charge >= 0.3 is 0 Å². The molecule has 1 fully saturated rings. The largest absolute Gasteiger partial charge is 0.337 e. The highest BCUT2D eigenvalue weighted by Gasteiger charge is 2.25. The molecule has 1 aromatic rings. The Labute approximate surface area is 103 Å². The van der Waals surface area contributed by atoms with Crippen LogP contribution in [0.25, 0.3) is 0 Å². The van der Waals surface area contributed by atoms with Crippen LogP contribution in [-0.4, -0.2) is 28.7 Å². The van der Waals surface area contributed by atoms with E-state index in [4.69, 9.17) is 0 Å². The first kappa shape index (κ1) is 11.6. The fourth-order valence-corrected chi connectivity index (χ4v) is 2.49. The Hall–Kier alpha value is -0.900. The van der Waals surface area contributed by atoms with Gasteiger partial charge in [-0.25, -0.2) is 4.39 Å². The van der Waals surface area contributed by atoms with Crippen LogP contribution in [0, 0.1) is 12.7 Å². The minimum atomic E-state index is -0.297. The molecule has 2 rings (SSSR count). The molecule has 0 aliphatic carbocycles. The summed E-state index contributed by atoms with van der Waals surface area (Å²) < 4.78 is 12.9. The lowest BCUT2D eigenvalue weighted by Crippen LogP contribution is -2.29. The Balaban J connectivity index is 2.21. The molecule has 0 radical (unpaired) electrons. The van der Waals surface area contributed by atoms with E-state index < -0.39 is 0 Å². The first-order valence-corrected chi connectivity index (χ1v) is 6.19. The van der Waals surface area contributed by atoms with E-state index in [-0.39, 0.29) is 11.7 Å². The number of nitrogens with zero attached hydrogens (tertiary/aromatic N) is 1. The quantitative estimate of drug-likeness (QED) is 0.727. The third kappa shape index (κ3) is 2.26. The minimum Gasteiger partial charge on any atom is -0.337 e. The van der Waals surface area contributed by atoms with Gasteiger partial charge in [0.25, 0.3) is 5.91 Å². The molecule has 1 heterocycles. The Morgan fingerprint density at radius 2 is 2.31 bits per heavy atom. The Morgan fingerprint density at radius 1 is 1.56 bits per heavy atom. The second kappa shape index (κ2) is 4.53. The van der Waals surface area contributed by atoms with Gasteiger partial charge < -0.3 is 4.90 Å². The molecule has 1 amide bonds. The number of alkyl halides is 1. The summed E-state index contributed by atoms with van der Waals surface area (Å²) >= 11 is 3.50. The monoisotopic (exact) mass is 285 g/mol. The van der Waals surface area contributed by atoms with Crippen molar-refractivity contribution in [2.24, 2.45) is 0 Å². The normalized spacial score (nSPS) is 20.2. The summed E-state index contributed by atoms with van der Waals surface area (Å²) in [5.74, 6) is -0.298. The molecule has 2 nitrogen and oxygen atoms in total. The predicted octanol–water partition coefficient (Wildman–Crippen LogP) is 2.74. The Morgan fingerprint density at radius 3 is 2.88 bits per heavy atom. The maximum absolute atomic E-state index is 12.9. The van der Waals surface area contributed by atoms with E-state index in [1.165, 1.54) is 12.1 Å². The molecular formula is C12H13BrFNO. The molecule has 16 heavy (non-hydrogen) atoms. The highest BCUT2D eigenvalue weighted by Crippen LogP contribution is 2.20. The maximum Gasteiger partial charge on any atom is 0.254 e. The number of amides is 1. The van der Waals surface area contributed by atoms with E-state index in [2.05, 4.69) is 15.9 Å². The van der Waals surface area contributed by atoms with Gasteiger partial charge in [0.2, 0.25) is 0 Å². The van der Waals surface area contributed by atoms with Crippen molar-refractivity contribution in [3.8, 4) is 0 Å². The third-order valence-electron chi connectivity index (χ3n) is 2.84. The minimum absolute atomic E-state index is 0.000509. The molecule has 86 valence electrons. The van der Waals surface area contributed by atoms with Gasteiger partial charge in [0, 0.05) is 23.5 Å². The number of carbonyl (C=O) groups is 1. The smallest absolute Gasteiger partial charge is 0.254 e. The molecule has 1 unspecified atom stereocenters. The average molecular weight is 286 g/mol. The van der Waals surface area contributed by atoms with Crippen LogP contribution in [0.15, 0.2) is 18.2 Å². The fraction of sp³-hybridized carbons (Fsp3) is 0.417. The molecule has 0 spiro atoms. The van der Waals surface area contributed by atoms with E-state index in [1.807, 2.05) is 0 Å². The van der Waals surface area contributed by atoms with Crippen molar-refractivity contribution in [2.45, 2.75) is 18.2 Å². The molecule has 4 heteroatoms. The summed E-state index contributed by atoms with van der Waals surface area (Å²) in [6, 6.07) is 4.30. The van der Waals surface area contributed by atoms with Crippen LogP contribution in [-0.2, 0) is 0 Å². The van der Waals surface area contributed by atoms with Crippen molar-refractivity contribution >= 4 is 21.8 Å². The molecule has 0 bridgehead atoms. The summed E-state index contributed by atoms with van der Waals surface area (Å²) in [5.41, 5.74) is 1.30. The zero-order chi connectivity index (χ0) is 11.7. The Bertz CT molecular complexity index is 421. The highest BCUT2D eigenvalue weighted by molar-refractivity contribution is 9.09. The summed E-state index contributed by atoms with van der Waals surface area (Å²) in [6.45, 7) is 3.26. The number of hydrogen-bond donors (Lipinski definition) is 0. The van der Waals surface area contributed by atoms with Gasteiger partial charge in [0.05, 0.1) is 0 Å². The summed E-state index contributed by atoms with van der Waals surface area (Å²) in [5, 5.41) is 0. The summed E-state index contributed by atoms with van der Waals surface area (Å²) in [4.78, 5) is 14.3. The SMILES string of the molecule is Cc1cc(F)ccc1C(=O)N1CCC(Br)C1. The van der Waals surface area contributed by atoms with Crippen molar-refractivity contribution < 1.29 is 9.18 Å². The number of hydrogen-bond acceptors (Lipinski definition) is 1. The molecular weight excluding hydrogens is 273 g/mol. The average Bonchev–Trinajstić information content (AvgIpc) is 2.64. The molecule has 0 saturated carbocycles. The first-order valence-electron chi connectivity index (χ1n) is 5.27. The van der Waals surface area contributed by atoms with Crippen LogP contribution in [0.2, 0.25) is 0 Å². The second-order valence-corrected chi connectivity index (χ2v) is 5.39. The summed E-state index contributed by atoms with van der Waals surface area (Å²) in [6.07, 6.45) is 0.978. The predicted molar refractivity (Wildman–Crippen MR) is 64.4 cm³/mol. The van der Waals surface area contributed by atoms with Crippen molar-refractivity contribution in [1.29, 1.82) is 0 Å². The van der Waals surface area contributed by atoms with Gasteiger partial charge in [-0.05, 0) is 37.1 Å². The standard InChI is InChI=1S/C12H13BrFNO/c1-8-6-10(14)2-3-11(8)12(16)15-5-4-9(13)7-15/h2-3,6,9H,4-5,7H2,1H3. The molecule has 0 aromatic heterocycles. The summed E-state index contributed by atoms with van der Waals surface area (Å²) in [7, 11) is 0. The first-order chi connectivity index (χ1) is 7.58. The molecule has 1 aliphatic rings. The molecule has 1 saturated heterocycles. The van der Waals surface area contributed by atoms with E-state index in [0.29, 0.717) is 16.0 Å². The number of halogens is 2. The zero-order valence-electron chi connectivity index (χ0n) is 9.04. The van der Waals surface area contributed by atoms with E-state index >= 15 is 0 Å². The lowest BCUT2D eigenvalue weighted by Gasteiger charge is -2.16. The van der Waals surface area contributed by atoms with Gasteiger partial charge in [-0.2, -0.15) is 0 Å². The van der Waals surface area contributed by atoms with Crippen molar-refractivity contribution in [3.05, 3.63) is 35.1 Å². The van der Waals surface area contributed by atoms with Crippen LogP contribution >= 0.6 is 15.9 Å². The maximum atomic E-state index is 12.9. The Kier molecular flexibility index (Phi) is 3.28. The van der Waals surface area contributed by atoms with E-state index in [1.54, 1.807) is 17.9 Å². The number of rotatable bonds is 1. The molecule has 0 N–H and O–H groups in total. The molecule has 1 aliphatic heterocycles. The fourth-order valence-electron chi connectivity index (χ4n) is 1.94. The van der Waals surface area contributed by atoms with Crippen molar-refractivity contribution in [3.63, 3.8) is 0 Å². The van der Waals surface area contributed by atoms with E-state index in [9.17, 15) is 9.18 Å². The topological polar surface area (TPSA) is 20.3 Å². The van der Waals surface area contributed by atoms with E-state index in [0.717, 1.165) is 19.5 Å². The van der Waals surface area contributed by atoms with Gasteiger partial charge in [0.15, 0.2) is 0 Å². The lowest BCUT2D eigenvalue weighted by molar-refractivity contribution is 0.0792. The van der Waals surface area contributed by atoms with Crippen LogP contribution < -0.4 is 0 Å². The zero-order valence-corrected chi connectivity index (χ0v) is 10.6. The van der Waals surface area contributed by atoms with Crippen molar-refractivity contribution in [2.75, 3.05) is 13.1 Å². The number of carbonyl (C=O) groups excluding carboxylic acids is 1. The van der Waals surface area contributed by atoms with Gasteiger partial charge in [-0.15, -0.1) is 0 Å². The van der Waals surface area contributed by atoms with Crippen molar-refractivity contribution in [1.82, 2.24) is 4.90 Å². The van der Waals surface area contributed by atoms with Gasteiger partial charge in [-0.1, -0.05) is 15.9 Å². The van der Waals surface area contributed by atoms with Crippen LogP contribution in [0.3, 0.4) is 0 Å². The van der Waals surface area contributed by atoms with Crippen LogP contribution in [0.5, 0.6) is 0 Å². The van der Waals surface area contributed by atoms with Crippen LogP contribution in [0.4, 0.5) is 4.39 Å². The molecule has 1 aromatic carbocycles. The lowest BCUT2D eigenvalue weighted by atomic mass is 10.1. The van der Waals surface area contributed by atoms with Gasteiger partial charge in [0.1, 0.15) is 5.82 Å². The number of aryl methyl sites for hydroxylation is 1. The second-order valence-electron chi connectivity index (χ2n) is 4.10. The van der Waals surface area contributed by atoms with Gasteiger partial charge in [-0.3, -0.25) is 4.79 Å². The third-order valence-corrected chi connectivity index (χ3v) is 3.58. The highest BCUT2D eigenvalue weighted by atomic mass is 79.9. The number of benzene rings is 1. The van der Waals surface area contributed by atoms with Crippen LogP contribution in [0.1, 0.15) is 22.3 Å². The number of likely N-dealkylation sites (tertiary alicyclic amines) is 1. The molecule has 1 atom stereocenters.